The first-order chi connectivity index (χ1) is 6.68. The van der Waals surface area contributed by atoms with Crippen LogP contribution in [0.15, 0.2) is 24.3 Å². The van der Waals surface area contributed by atoms with Crippen LogP contribution < -0.4 is 5.32 Å². The molecule has 0 bridgehead atoms. The van der Waals surface area contributed by atoms with Crippen LogP contribution in [0.4, 0.5) is 4.39 Å². The Morgan fingerprint density at radius 2 is 2.36 bits per heavy atom. The standard InChI is InChI=1S/C10H10FNO2/c11-7-3-1-2-6(4-7)8-5-12-9(8)10(13)14/h1-4,8-9,12H,5H2,(H,13,14). The van der Waals surface area contributed by atoms with Crippen LogP contribution >= 0.6 is 0 Å². The molecule has 1 aromatic carbocycles. The topological polar surface area (TPSA) is 49.3 Å². The van der Waals surface area contributed by atoms with E-state index >= 15 is 0 Å². The summed E-state index contributed by atoms with van der Waals surface area (Å²) >= 11 is 0. The van der Waals surface area contributed by atoms with Gasteiger partial charge in [-0.25, -0.2) is 4.39 Å². The lowest BCUT2D eigenvalue weighted by Gasteiger charge is -2.35. The van der Waals surface area contributed by atoms with Crippen molar-refractivity contribution >= 4 is 5.97 Å². The van der Waals surface area contributed by atoms with Crippen molar-refractivity contribution in [1.29, 1.82) is 0 Å². The van der Waals surface area contributed by atoms with Crippen LogP contribution in [-0.2, 0) is 4.79 Å². The second kappa shape index (κ2) is 3.38. The fourth-order valence-corrected chi connectivity index (χ4v) is 1.66. The van der Waals surface area contributed by atoms with Gasteiger partial charge in [0.2, 0.25) is 0 Å². The molecular weight excluding hydrogens is 185 g/mol. The van der Waals surface area contributed by atoms with E-state index in [-0.39, 0.29) is 11.7 Å². The normalized spacial score (nSPS) is 25.5. The fourth-order valence-electron chi connectivity index (χ4n) is 1.66. The molecule has 2 unspecified atom stereocenters. The average Bonchev–Trinajstić information content (AvgIpc) is 2.00. The van der Waals surface area contributed by atoms with Crippen LogP contribution in [0.3, 0.4) is 0 Å². The maximum Gasteiger partial charge on any atom is 0.321 e. The first-order valence-electron chi connectivity index (χ1n) is 4.40. The minimum Gasteiger partial charge on any atom is -0.480 e. The Balaban J connectivity index is 2.20. The molecule has 2 rings (SSSR count). The van der Waals surface area contributed by atoms with Gasteiger partial charge in [-0.05, 0) is 17.7 Å². The molecule has 3 nitrogen and oxygen atoms in total. The van der Waals surface area contributed by atoms with Gasteiger partial charge < -0.3 is 10.4 Å². The molecule has 2 atom stereocenters. The van der Waals surface area contributed by atoms with Crippen LogP contribution in [-0.4, -0.2) is 23.7 Å². The monoisotopic (exact) mass is 195 g/mol. The molecule has 14 heavy (non-hydrogen) atoms. The highest BCUT2D eigenvalue weighted by molar-refractivity contribution is 5.76. The lowest BCUT2D eigenvalue weighted by molar-refractivity contribution is -0.142. The molecule has 1 aliphatic rings. The summed E-state index contributed by atoms with van der Waals surface area (Å²) in [5.74, 6) is -1.31. The average molecular weight is 195 g/mol. The SMILES string of the molecule is O=C(O)C1NCC1c1cccc(F)c1. The Morgan fingerprint density at radius 1 is 1.57 bits per heavy atom. The van der Waals surface area contributed by atoms with Crippen LogP contribution in [0.1, 0.15) is 11.5 Å². The molecule has 0 aromatic heterocycles. The maximum atomic E-state index is 12.8. The molecule has 0 spiro atoms. The van der Waals surface area contributed by atoms with Crippen molar-refractivity contribution < 1.29 is 14.3 Å². The van der Waals surface area contributed by atoms with Crippen molar-refractivity contribution in [2.75, 3.05) is 6.54 Å². The number of carboxylic acids is 1. The highest BCUT2D eigenvalue weighted by atomic mass is 19.1. The van der Waals surface area contributed by atoms with E-state index in [1.165, 1.54) is 12.1 Å². The van der Waals surface area contributed by atoms with Gasteiger partial charge in [0.25, 0.3) is 0 Å². The second-order valence-electron chi connectivity index (χ2n) is 3.39. The van der Waals surface area contributed by atoms with Crippen LogP contribution in [0, 0.1) is 5.82 Å². The summed E-state index contributed by atoms with van der Waals surface area (Å²) in [5.41, 5.74) is 0.746. The molecule has 1 saturated heterocycles. The molecule has 2 N–H and O–H groups in total. The highest BCUT2D eigenvalue weighted by Gasteiger charge is 2.37. The quantitative estimate of drug-likeness (QED) is 0.739. The molecule has 1 aromatic rings. The van der Waals surface area contributed by atoms with E-state index in [9.17, 15) is 9.18 Å². The molecule has 0 aliphatic carbocycles. The molecular formula is C10H10FNO2. The number of carbonyl (C=O) groups is 1. The molecule has 4 heteroatoms. The Morgan fingerprint density at radius 3 is 2.86 bits per heavy atom. The summed E-state index contributed by atoms with van der Waals surface area (Å²) in [4.78, 5) is 10.7. The summed E-state index contributed by atoms with van der Waals surface area (Å²) in [7, 11) is 0. The van der Waals surface area contributed by atoms with Crippen molar-refractivity contribution in [3.8, 4) is 0 Å². The Kier molecular flexibility index (Phi) is 2.21. The third kappa shape index (κ3) is 1.48. The Labute approximate surface area is 80.6 Å². The van der Waals surface area contributed by atoms with Crippen molar-refractivity contribution in [2.45, 2.75) is 12.0 Å². The number of halogens is 1. The maximum absolute atomic E-state index is 12.8. The summed E-state index contributed by atoms with van der Waals surface area (Å²) in [5, 5.41) is 11.6. The number of nitrogens with one attached hydrogen (secondary N) is 1. The van der Waals surface area contributed by atoms with Crippen LogP contribution in [0.25, 0.3) is 0 Å². The van der Waals surface area contributed by atoms with E-state index in [1.807, 2.05) is 0 Å². The van der Waals surface area contributed by atoms with Gasteiger partial charge in [0, 0.05) is 12.5 Å². The third-order valence-corrected chi connectivity index (χ3v) is 2.50. The van der Waals surface area contributed by atoms with Gasteiger partial charge >= 0.3 is 5.97 Å². The highest BCUT2D eigenvalue weighted by Crippen LogP contribution is 2.26. The first-order valence-corrected chi connectivity index (χ1v) is 4.40. The molecule has 1 heterocycles. The first kappa shape index (κ1) is 9.15. The molecule has 74 valence electrons. The number of rotatable bonds is 2. The Hall–Kier alpha value is -1.42. The van der Waals surface area contributed by atoms with Crippen LogP contribution in [0.2, 0.25) is 0 Å². The van der Waals surface area contributed by atoms with Gasteiger partial charge in [-0.2, -0.15) is 0 Å². The zero-order valence-electron chi connectivity index (χ0n) is 7.40. The molecule has 0 radical (unpaired) electrons. The molecule has 1 fully saturated rings. The van der Waals surface area contributed by atoms with Crippen LogP contribution in [0.5, 0.6) is 0 Å². The molecule has 1 aliphatic heterocycles. The fraction of sp³-hybridized carbons (Fsp3) is 0.300. The van der Waals surface area contributed by atoms with Crippen molar-refractivity contribution in [3.63, 3.8) is 0 Å². The summed E-state index contributed by atoms with van der Waals surface area (Å²) in [6.45, 7) is 0.598. The molecule has 0 amide bonds. The predicted octanol–water partition coefficient (Wildman–Crippen LogP) is 0.966. The van der Waals surface area contributed by atoms with E-state index in [0.29, 0.717) is 6.54 Å². The summed E-state index contributed by atoms with van der Waals surface area (Å²) < 4.78 is 12.8. The number of carboxylic acid groups (broad SMARTS) is 1. The lowest BCUT2D eigenvalue weighted by Crippen LogP contribution is -2.55. The number of hydrogen-bond acceptors (Lipinski definition) is 2. The van der Waals surface area contributed by atoms with E-state index in [0.717, 1.165) is 5.56 Å². The zero-order valence-corrected chi connectivity index (χ0v) is 7.40. The molecule has 0 saturated carbocycles. The van der Waals surface area contributed by atoms with Crippen molar-refractivity contribution in [1.82, 2.24) is 5.32 Å². The second-order valence-corrected chi connectivity index (χ2v) is 3.39. The zero-order chi connectivity index (χ0) is 10.1. The Bertz CT molecular complexity index is 367. The predicted molar refractivity (Wildman–Crippen MR) is 48.6 cm³/mol. The lowest BCUT2D eigenvalue weighted by atomic mass is 9.85. The van der Waals surface area contributed by atoms with Gasteiger partial charge in [-0.15, -0.1) is 0 Å². The van der Waals surface area contributed by atoms with Crippen molar-refractivity contribution in [3.05, 3.63) is 35.6 Å². The summed E-state index contributed by atoms with van der Waals surface area (Å²) in [6.07, 6.45) is 0. The van der Waals surface area contributed by atoms with E-state index in [1.54, 1.807) is 12.1 Å². The van der Waals surface area contributed by atoms with E-state index in [2.05, 4.69) is 5.32 Å². The van der Waals surface area contributed by atoms with Gasteiger partial charge in [0.1, 0.15) is 11.9 Å². The van der Waals surface area contributed by atoms with Gasteiger partial charge in [-0.1, -0.05) is 12.1 Å². The van der Waals surface area contributed by atoms with Gasteiger partial charge in [0.15, 0.2) is 0 Å². The minimum atomic E-state index is -0.884. The van der Waals surface area contributed by atoms with Crippen molar-refractivity contribution in [2.24, 2.45) is 0 Å². The van der Waals surface area contributed by atoms with Gasteiger partial charge in [0.05, 0.1) is 0 Å². The minimum absolute atomic E-state index is 0.108. The third-order valence-electron chi connectivity index (χ3n) is 2.50. The largest absolute Gasteiger partial charge is 0.480 e. The smallest absolute Gasteiger partial charge is 0.321 e. The van der Waals surface area contributed by atoms with E-state index in [4.69, 9.17) is 5.11 Å². The van der Waals surface area contributed by atoms with E-state index < -0.39 is 12.0 Å². The summed E-state index contributed by atoms with van der Waals surface area (Å²) in [6, 6.07) is 5.52. The number of aliphatic carboxylic acids is 1. The van der Waals surface area contributed by atoms with Gasteiger partial charge in [-0.3, -0.25) is 4.79 Å². The number of hydrogen-bond donors (Lipinski definition) is 2. The number of benzene rings is 1.